The van der Waals surface area contributed by atoms with Gasteiger partial charge in [-0.05, 0) is 25.1 Å². The van der Waals surface area contributed by atoms with Crippen LogP contribution in [0.1, 0.15) is 12.5 Å². The third-order valence-electron chi connectivity index (χ3n) is 3.33. The number of hydrogen-bond donors (Lipinski definition) is 0. The van der Waals surface area contributed by atoms with E-state index >= 15 is 0 Å². The number of ether oxygens (including phenoxy) is 1. The van der Waals surface area contributed by atoms with Gasteiger partial charge in [0.05, 0.1) is 23.4 Å². The number of benzene rings is 1. The molecule has 1 aliphatic heterocycles. The van der Waals surface area contributed by atoms with Crippen molar-refractivity contribution in [1.29, 1.82) is 0 Å². The van der Waals surface area contributed by atoms with Crippen LogP contribution < -0.4 is 20.5 Å². The molecule has 0 bridgehead atoms. The first kappa shape index (κ1) is 13.0. The minimum atomic E-state index is -0.539. The summed E-state index contributed by atoms with van der Waals surface area (Å²) in [6.45, 7) is 2.85. The number of rotatable bonds is 3. The van der Waals surface area contributed by atoms with Crippen molar-refractivity contribution in [2.75, 3.05) is 18.6 Å². The van der Waals surface area contributed by atoms with E-state index in [0.29, 0.717) is 5.56 Å². The number of methoxy groups -OCH3 is 1. The van der Waals surface area contributed by atoms with Gasteiger partial charge in [0.15, 0.2) is 5.75 Å². The Labute approximate surface area is 120 Å². The average molecular weight is 287 g/mol. The van der Waals surface area contributed by atoms with Crippen LogP contribution in [0.2, 0.25) is 0 Å². The maximum absolute atomic E-state index is 11.6. The molecule has 1 heterocycles. The maximum Gasteiger partial charge on any atom is 0.268 e. The Hall–Kier alpha value is -2.01. The van der Waals surface area contributed by atoms with Crippen molar-refractivity contribution in [3.8, 4) is 5.75 Å². The van der Waals surface area contributed by atoms with Gasteiger partial charge in [-0.2, -0.15) is 0 Å². The van der Waals surface area contributed by atoms with E-state index in [0.717, 1.165) is 22.2 Å². The van der Waals surface area contributed by atoms with E-state index in [1.807, 2.05) is 24.3 Å². The van der Waals surface area contributed by atoms with Crippen molar-refractivity contribution in [1.82, 2.24) is 0 Å². The molecule has 102 valence electrons. The molecule has 0 amide bonds. The van der Waals surface area contributed by atoms with E-state index in [9.17, 15) is 9.59 Å². The molecule has 2 aromatic rings. The van der Waals surface area contributed by atoms with Crippen molar-refractivity contribution in [3.05, 3.63) is 55.3 Å². The highest BCUT2D eigenvalue weighted by atomic mass is 32.2. The summed E-state index contributed by atoms with van der Waals surface area (Å²) in [5.74, 6) is 0.162. The number of nitrogens with zero attached hydrogens (tertiary/aromatic N) is 1. The third kappa shape index (κ3) is 1.78. The van der Waals surface area contributed by atoms with E-state index < -0.39 is 10.9 Å². The normalized spacial score (nSPS) is 15.9. The molecule has 0 atom stereocenters. The second kappa shape index (κ2) is 4.83. The van der Waals surface area contributed by atoms with Gasteiger partial charge in [0, 0.05) is 11.4 Å². The Balaban J connectivity index is 2.04. The Morgan fingerprint density at radius 3 is 2.70 bits per heavy atom. The zero-order valence-electron chi connectivity index (χ0n) is 11.2. The van der Waals surface area contributed by atoms with Crippen LogP contribution in [0.5, 0.6) is 5.75 Å². The van der Waals surface area contributed by atoms with Crippen molar-refractivity contribution in [3.63, 3.8) is 0 Å². The molecule has 0 radical (unpaired) electrons. The molecule has 0 N–H and O–H groups in total. The second-order valence-corrected chi connectivity index (χ2v) is 5.46. The van der Waals surface area contributed by atoms with E-state index in [2.05, 4.69) is 11.8 Å². The van der Waals surface area contributed by atoms with Crippen molar-refractivity contribution < 1.29 is 4.74 Å². The molecule has 5 heteroatoms. The lowest BCUT2D eigenvalue weighted by Gasteiger charge is -2.18. The van der Waals surface area contributed by atoms with Gasteiger partial charge in [0.25, 0.3) is 5.43 Å². The molecule has 4 nitrogen and oxygen atoms in total. The summed E-state index contributed by atoms with van der Waals surface area (Å²) in [5.41, 5.74) is 0.486. The van der Waals surface area contributed by atoms with Crippen LogP contribution in [0, 0.1) is 0 Å². The minimum absolute atomic E-state index is 0.162. The number of para-hydroxylation sites is 1. The predicted octanol–water partition coefficient (Wildman–Crippen LogP) is 2.22. The van der Waals surface area contributed by atoms with Crippen LogP contribution >= 0.6 is 11.8 Å². The summed E-state index contributed by atoms with van der Waals surface area (Å²) in [7, 11) is 1.41. The molecule has 3 rings (SSSR count). The van der Waals surface area contributed by atoms with Gasteiger partial charge in [-0.1, -0.05) is 23.9 Å². The molecule has 0 aliphatic carbocycles. The van der Waals surface area contributed by atoms with Gasteiger partial charge in [0.1, 0.15) is 0 Å². The molecular weight excluding hydrogens is 274 g/mol. The highest BCUT2D eigenvalue weighted by Gasteiger charge is 2.26. The number of anilines is 1. The van der Waals surface area contributed by atoms with E-state index in [-0.39, 0.29) is 5.75 Å². The van der Waals surface area contributed by atoms with Crippen molar-refractivity contribution in [2.45, 2.75) is 11.8 Å². The largest absolute Gasteiger partial charge is 0.492 e. The zero-order valence-corrected chi connectivity index (χ0v) is 12.0. The van der Waals surface area contributed by atoms with Gasteiger partial charge in [0.2, 0.25) is 5.43 Å². The van der Waals surface area contributed by atoms with Crippen LogP contribution in [0.3, 0.4) is 0 Å². The van der Waals surface area contributed by atoms with Crippen LogP contribution in [0.4, 0.5) is 5.69 Å². The summed E-state index contributed by atoms with van der Waals surface area (Å²) in [6, 6.07) is 8.07. The second-order valence-electron chi connectivity index (χ2n) is 4.40. The fraction of sp³-hybridized carbons (Fsp3) is 0.200. The van der Waals surface area contributed by atoms with Gasteiger partial charge in [-0.15, -0.1) is 0 Å². The summed E-state index contributed by atoms with van der Waals surface area (Å²) in [4.78, 5) is 26.3. The van der Waals surface area contributed by atoms with Gasteiger partial charge in [-0.3, -0.25) is 9.59 Å². The SMILES string of the molecule is CCN1C(=Cc2c(OC)c(=O)c2=O)Sc2ccccc21. The van der Waals surface area contributed by atoms with Crippen LogP contribution in [0.25, 0.3) is 6.08 Å². The fourth-order valence-electron chi connectivity index (χ4n) is 2.33. The van der Waals surface area contributed by atoms with Gasteiger partial charge in [-0.25, -0.2) is 0 Å². The lowest BCUT2D eigenvalue weighted by molar-refractivity contribution is 0.404. The average Bonchev–Trinajstić information content (AvgIpc) is 2.83. The first-order chi connectivity index (χ1) is 9.67. The topological polar surface area (TPSA) is 46.6 Å². The number of fused-ring (bicyclic) bond motifs is 1. The first-order valence-electron chi connectivity index (χ1n) is 6.30. The molecule has 0 saturated carbocycles. The summed E-state index contributed by atoms with van der Waals surface area (Å²) in [5, 5.41) is 0.944. The quantitative estimate of drug-likeness (QED) is 0.810. The molecule has 1 aliphatic rings. The Kier molecular flexibility index (Phi) is 3.14. The summed E-state index contributed by atoms with van der Waals surface area (Å²) in [6.07, 6.45) is 1.75. The third-order valence-corrected chi connectivity index (χ3v) is 4.44. The van der Waals surface area contributed by atoms with Crippen molar-refractivity contribution in [2.24, 2.45) is 0 Å². The number of thioether (sulfide) groups is 1. The molecule has 0 unspecified atom stereocenters. The zero-order chi connectivity index (χ0) is 14.3. The summed E-state index contributed by atoms with van der Waals surface area (Å²) >= 11 is 1.60. The minimum Gasteiger partial charge on any atom is -0.492 e. The van der Waals surface area contributed by atoms with Gasteiger partial charge < -0.3 is 9.64 Å². The molecular formula is C15H13NO3S. The molecule has 0 saturated heterocycles. The van der Waals surface area contributed by atoms with E-state index in [1.165, 1.54) is 7.11 Å². The van der Waals surface area contributed by atoms with E-state index in [4.69, 9.17) is 4.74 Å². The predicted molar refractivity (Wildman–Crippen MR) is 81.2 cm³/mol. The Morgan fingerprint density at radius 2 is 2.00 bits per heavy atom. The monoisotopic (exact) mass is 287 g/mol. The van der Waals surface area contributed by atoms with Crippen LogP contribution in [-0.4, -0.2) is 13.7 Å². The lowest BCUT2D eigenvalue weighted by Crippen LogP contribution is -2.35. The highest BCUT2D eigenvalue weighted by molar-refractivity contribution is 8.03. The molecule has 0 fully saturated rings. The first-order valence-corrected chi connectivity index (χ1v) is 7.12. The van der Waals surface area contributed by atoms with Crippen LogP contribution in [-0.2, 0) is 0 Å². The number of hydrogen-bond acceptors (Lipinski definition) is 5. The standard InChI is InChI=1S/C15H13NO3S/c1-3-16-10-6-4-5-7-11(10)20-12(16)8-9-13(17)14(18)15(9)19-2/h4-8H,3H2,1-2H3. The highest BCUT2D eigenvalue weighted by Crippen LogP contribution is 2.46. The van der Waals surface area contributed by atoms with Gasteiger partial charge >= 0.3 is 0 Å². The molecule has 2 aromatic carbocycles. The fourth-order valence-corrected chi connectivity index (χ4v) is 3.50. The molecule has 0 aromatic heterocycles. The lowest BCUT2D eigenvalue weighted by atomic mass is 10.1. The van der Waals surface area contributed by atoms with Crippen molar-refractivity contribution >= 4 is 23.5 Å². The smallest absolute Gasteiger partial charge is 0.268 e. The Bertz CT molecular complexity index is 772. The summed E-state index contributed by atoms with van der Waals surface area (Å²) < 4.78 is 4.97. The van der Waals surface area contributed by atoms with E-state index in [1.54, 1.807) is 17.8 Å². The Morgan fingerprint density at radius 1 is 1.25 bits per heavy atom. The molecule has 0 spiro atoms. The maximum atomic E-state index is 11.6. The molecule has 20 heavy (non-hydrogen) atoms. The van der Waals surface area contributed by atoms with Crippen LogP contribution in [0.15, 0.2) is 43.8 Å².